The van der Waals surface area contributed by atoms with Gasteiger partial charge in [0.15, 0.2) is 0 Å². The van der Waals surface area contributed by atoms with Crippen molar-refractivity contribution in [2.75, 3.05) is 0 Å². The number of nitrogens with zero attached hydrogens (tertiary/aromatic N) is 3. The monoisotopic (exact) mass is 344 g/mol. The van der Waals surface area contributed by atoms with Crippen LogP contribution in [0.5, 0.6) is 0 Å². The van der Waals surface area contributed by atoms with Crippen LogP contribution >= 0.6 is 31.9 Å². The van der Waals surface area contributed by atoms with Gasteiger partial charge in [-0.3, -0.25) is 9.67 Å². The third-order valence-electron chi connectivity index (χ3n) is 2.31. The molecule has 6 heteroatoms. The number of nitrogens with two attached hydrogens (primary N) is 1. The van der Waals surface area contributed by atoms with Crippen LogP contribution in [-0.2, 0) is 7.05 Å². The van der Waals surface area contributed by atoms with Gasteiger partial charge in [-0.15, -0.1) is 0 Å². The molecule has 2 N–H and O–H groups in total. The van der Waals surface area contributed by atoms with E-state index in [1.807, 2.05) is 19.2 Å². The van der Waals surface area contributed by atoms with Crippen molar-refractivity contribution in [1.29, 1.82) is 0 Å². The van der Waals surface area contributed by atoms with E-state index in [-0.39, 0.29) is 6.04 Å². The molecule has 1 atom stereocenters. The van der Waals surface area contributed by atoms with Gasteiger partial charge in [-0.2, -0.15) is 5.10 Å². The smallest absolute Gasteiger partial charge is 0.0908 e. The van der Waals surface area contributed by atoms with Crippen LogP contribution in [0.2, 0.25) is 0 Å². The number of rotatable bonds is 2. The van der Waals surface area contributed by atoms with Gasteiger partial charge in [0, 0.05) is 28.4 Å². The first-order valence-electron chi connectivity index (χ1n) is 4.64. The van der Waals surface area contributed by atoms with Gasteiger partial charge in [0.1, 0.15) is 0 Å². The maximum absolute atomic E-state index is 6.14. The van der Waals surface area contributed by atoms with E-state index in [4.69, 9.17) is 5.73 Å². The Morgan fingerprint density at radius 3 is 2.75 bits per heavy atom. The predicted molar refractivity (Wildman–Crippen MR) is 68.9 cm³/mol. The summed E-state index contributed by atoms with van der Waals surface area (Å²) in [6.45, 7) is 0. The second kappa shape index (κ2) is 4.65. The van der Waals surface area contributed by atoms with Crippen LogP contribution in [-0.4, -0.2) is 14.8 Å². The Bertz CT molecular complexity index is 509. The third-order valence-corrected chi connectivity index (χ3v) is 3.38. The van der Waals surface area contributed by atoms with Crippen LogP contribution < -0.4 is 5.73 Å². The Labute approximate surface area is 110 Å². The first kappa shape index (κ1) is 11.8. The number of pyridine rings is 1. The summed E-state index contributed by atoms with van der Waals surface area (Å²) in [6, 6.07) is 3.54. The van der Waals surface area contributed by atoms with Gasteiger partial charge >= 0.3 is 0 Å². The predicted octanol–water partition coefficient (Wildman–Crippen LogP) is 2.39. The molecule has 0 spiro atoms. The summed E-state index contributed by atoms with van der Waals surface area (Å²) < 4.78 is 3.55. The Morgan fingerprint density at radius 2 is 2.19 bits per heavy atom. The van der Waals surface area contributed by atoms with Gasteiger partial charge < -0.3 is 5.73 Å². The summed E-state index contributed by atoms with van der Waals surface area (Å²) in [5.74, 6) is 0. The molecule has 0 aliphatic heterocycles. The number of halogens is 2. The number of aryl methyl sites for hydroxylation is 1. The molecule has 4 nitrogen and oxygen atoms in total. The van der Waals surface area contributed by atoms with Crippen LogP contribution in [0.3, 0.4) is 0 Å². The molecule has 16 heavy (non-hydrogen) atoms. The van der Waals surface area contributed by atoms with Crippen LogP contribution in [0.4, 0.5) is 0 Å². The summed E-state index contributed by atoms with van der Waals surface area (Å²) in [5.41, 5.74) is 7.87. The van der Waals surface area contributed by atoms with E-state index in [2.05, 4.69) is 41.9 Å². The fourth-order valence-electron chi connectivity index (χ4n) is 1.48. The Kier molecular flexibility index (Phi) is 3.41. The van der Waals surface area contributed by atoms with Crippen molar-refractivity contribution >= 4 is 31.9 Å². The highest BCUT2D eigenvalue weighted by Crippen LogP contribution is 2.26. The first-order valence-corrected chi connectivity index (χ1v) is 6.22. The molecule has 0 aliphatic rings. The van der Waals surface area contributed by atoms with Crippen molar-refractivity contribution in [2.45, 2.75) is 6.04 Å². The van der Waals surface area contributed by atoms with E-state index in [1.54, 1.807) is 17.1 Å². The normalized spacial score (nSPS) is 12.8. The zero-order valence-corrected chi connectivity index (χ0v) is 11.7. The molecule has 0 saturated carbocycles. The molecule has 84 valence electrons. The second-order valence-electron chi connectivity index (χ2n) is 3.38. The topological polar surface area (TPSA) is 56.7 Å². The Balaban J connectivity index is 2.41. The highest BCUT2D eigenvalue weighted by Gasteiger charge is 2.16. The molecule has 0 aromatic carbocycles. The van der Waals surface area contributed by atoms with E-state index in [1.165, 1.54) is 0 Å². The number of hydrogen-bond acceptors (Lipinski definition) is 3. The van der Waals surface area contributed by atoms with Crippen LogP contribution in [0, 0.1) is 0 Å². The summed E-state index contributed by atoms with van der Waals surface area (Å²) in [4.78, 5) is 4.31. The van der Waals surface area contributed by atoms with Crippen molar-refractivity contribution in [2.24, 2.45) is 12.8 Å². The van der Waals surface area contributed by atoms with E-state index < -0.39 is 0 Å². The standard InChI is InChI=1S/C10H10Br2N4/c1-16-8(2-3-15-16)9(13)10-7(12)4-6(11)5-14-10/h2-5,9H,13H2,1H3. The molecule has 0 amide bonds. The van der Waals surface area contributed by atoms with Gasteiger partial charge in [-0.05, 0) is 44.0 Å². The van der Waals surface area contributed by atoms with E-state index >= 15 is 0 Å². The van der Waals surface area contributed by atoms with E-state index in [9.17, 15) is 0 Å². The van der Waals surface area contributed by atoms with Crippen LogP contribution in [0.25, 0.3) is 0 Å². The number of hydrogen-bond donors (Lipinski definition) is 1. The molecule has 0 fully saturated rings. The van der Waals surface area contributed by atoms with Crippen LogP contribution in [0.1, 0.15) is 17.4 Å². The minimum atomic E-state index is -0.282. The average molecular weight is 346 g/mol. The Hall–Kier alpha value is -0.720. The largest absolute Gasteiger partial charge is 0.318 e. The zero-order valence-electron chi connectivity index (χ0n) is 8.56. The summed E-state index contributed by atoms with van der Waals surface area (Å²) >= 11 is 6.81. The van der Waals surface area contributed by atoms with Gasteiger partial charge in [-0.25, -0.2) is 0 Å². The molecule has 2 aromatic rings. The molecule has 2 aromatic heterocycles. The molecule has 1 unspecified atom stereocenters. The lowest BCUT2D eigenvalue weighted by molar-refractivity contribution is 0.662. The van der Waals surface area contributed by atoms with E-state index in [0.29, 0.717) is 0 Å². The fourth-order valence-corrected chi connectivity index (χ4v) is 2.72. The SMILES string of the molecule is Cn1nccc1C(N)c1ncc(Br)cc1Br. The molecule has 0 radical (unpaired) electrons. The lowest BCUT2D eigenvalue weighted by atomic mass is 10.1. The van der Waals surface area contributed by atoms with Gasteiger partial charge in [0.25, 0.3) is 0 Å². The summed E-state index contributed by atoms with van der Waals surface area (Å²) in [7, 11) is 1.86. The van der Waals surface area contributed by atoms with Gasteiger partial charge in [0.2, 0.25) is 0 Å². The summed E-state index contributed by atoms with van der Waals surface area (Å²) in [5, 5.41) is 4.09. The summed E-state index contributed by atoms with van der Waals surface area (Å²) in [6.07, 6.45) is 3.46. The molecule has 0 aliphatic carbocycles. The lowest BCUT2D eigenvalue weighted by Crippen LogP contribution is -2.17. The van der Waals surface area contributed by atoms with Crippen molar-refractivity contribution in [3.63, 3.8) is 0 Å². The molecule has 2 rings (SSSR count). The van der Waals surface area contributed by atoms with Gasteiger partial charge in [0.05, 0.1) is 17.4 Å². The quantitative estimate of drug-likeness (QED) is 0.909. The average Bonchev–Trinajstić information content (AvgIpc) is 2.63. The molecule has 0 saturated heterocycles. The molecular formula is C10H10Br2N4. The maximum Gasteiger partial charge on any atom is 0.0908 e. The lowest BCUT2D eigenvalue weighted by Gasteiger charge is -2.13. The molecule has 0 bridgehead atoms. The van der Waals surface area contributed by atoms with Crippen molar-refractivity contribution < 1.29 is 0 Å². The van der Waals surface area contributed by atoms with Crippen LogP contribution in [0.15, 0.2) is 33.5 Å². The highest BCUT2D eigenvalue weighted by atomic mass is 79.9. The maximum atomic E-state index is 6.14. The Morgan fingerprint density at radius 1 is 1.44 bits per heavy atom. The van der Waals surface area contributed by atoms with Crippen molar-refractivity contribution in [3.8, 4) is 0 Å². The minimum absolute atomic E-state index is 0.282. The van der Waals surface area contributed by atoms with Crippen molar-refractivity contribution in [1.82, 2.24) is 14.8 Å². The molecule has 2 heterocycles. The van der Waals surface area contributed by atoms with E-state index in [0.717, 1.165) is 20.3 Å². The third kappa shape index (κ3) is 2.18. The fraction of sp³-hybridized carbons (Fsp3) is 0.200. The highest BCUT2D eigenvalue weighted by molar-refractivity contribution is 9.11. The minimum Gasteiger partial charge on any atom is -0.318 e. The first-order chi connectivity index (χ1) is 7.59. The molecular weight excluding hydrogens is 336 g/mol. The second-order valence-corrected chi connectivity index (χ2v) is 5.15. The van der Waals surface area contributed by atoms with Gasteiger partial charge in [-0.1, -0.05) is 0 Å². The zero-order chi connectivity index (χ0) is 11.7. The van der Waals surface area contributed by atoms with Crippen molar-refractivity contribution in [3.05, 3.63) is 44.9 Å². The number of aromatic nitrogens is 3.